The van der Waals surface area contributed by atoms with Crippen molar-refractivity contribution in [1.82, 2.24) is 0 Å². The average molecular weight is 382 g/mol. The van der Waals surface area contributed by atoms with E-state index in [0.717, 1.165) is 19.3 Å². The van der Waals surface area contributed by atoms with Crippen molar-refractivity contribution < 1.29 is 23.4 Å². The molecule has 0 bridgehead atoms. The first kappa shape index (κ1) is 18.4. The molecule has 28 heavy (non-hydrogen) atoms. The van der Waals surface area contributed by atoms with E-state index in [1.165, 1.54) is 6.26 Å². The Balaban J connectivity index is 1.67. The standard InChI is InChI=1S/C22H22O6/c1-24-18-9-6-14(11-20(18)25-2)17-13-27-19-12-15(7-8-16(19)22(17)23)28-21-5-3-4-10-26-21/h6-9,11-13,21H,3-5,10H2,1-2H3. The van der Waals surface area contributed by atoms with Crippen LogP contribution in [0.2, 0.25) is 0 Å². The predicted octanol–water partition coefficient (Wildman–Crippen LogP) is 4.38. The molecule has 6 nitrogen and oxygen atoms in total. The summed E-state index contributed by atoms with van der Waals surface area (Å²) in [4.78, 5) is 13.0. The highest BCUT2D eigenvalue weighted by Gasteiger charge is 2.17. The summed E-state index contributed by atoms with van der Waals surface area (Å²) in [6.45, 7) is 0.710. The van der Waals surface area contributed by atoms with Crippen molar-refractivity contribution in [2.24, 2.45) is 0 Å². The second-order valence-corrected chi connectivity index (χ2v) is 6.62. The summed E-state index contributed by atoms with van der Waals surface area (Å²) in [5, 5.41) is 0.490. The second-order valence-electron chi connectivity index (χ2n) is 6.62. The van der Waals surface area contributed by atoms with E-state index in [1.54, 1.807) is 50.6 Å². The van der Waals surface area contributed by atoms with Gasteiger partial charge in [0.15, 0.2) is 23.2 Å². The lowest BCUT2D eigenvalue weighted by atomic mass is 10.0. The first-order chi connectivity index (χ1) is 13.7. The Kier molecular flexibility index (Phi) is 5.21. The molecule has 4 rings (SSSR count). The molecule has 0 spiro atoms. The summed E-state index contributed by atoms with van der Waals surface area (Å²) < 4.78 is 27.8. The summed E-state index contributed by atoms with van der Waals surface area (Å²) in [6, 6.07) is 10.6. The highest BCUT2D eigenvalue weighted by atomic mass is 16.7. The molecule has 1 fully saturated rings. The van der Waals surface area contributed by atoms with Crippen LogP contribution in [0.5, 0.6) is 17.2 Å². The van der Waals surface area contributed by atoms with Crippen molar-refractivity contribution in [2.75, 3.05) is 20.8 Å². The molecule has 2 aromatic carbocycles. The van der Waals surface area contributed by atoms with E-state index in [1.807, 2.05) is 0 Å². The number of benzene rings is 2. The van der Waals surface area contributed by atoms with Crippen LogP contribution in [0.3, 0.4) is 0 Å². The molecule has 1 aliphatic rings. The van der Waals surface area contributed by atoms with Crippen molar-refractivity contribution in [1.29, 1.82) is 0 Å². The number of rotatable bonds is 5. The van der Waals surface area contributed by atoms with Crippen molar-refractivity contribution in [2.45, 2.75) is 25.6 Å². The van der Waals surface area contributed by atoms with Gasteiger partial charge in [0.2, 0.25) is 0 Å². The van der Waals surface area contributed by atoms with E-state index >= 15 is 0 Å². The minimum Gasteiger partial charge on any atom is -0.493 e. The van der Waals surface area contributed by atoms with Crippen molar-refractivity contribution >= 4 is 11.0 Å². The molecule has 3 aromatic rings. The molecule has 6 heteroatoms. The molecular formula is C22H22O6. The van der Waals surface area contributed by atoms with Gasteiger partial charge in [-0.05, 0) is 42.7 Å². The van der Waals surface area contributed by atoms with Gasteiger partial charge in [0, 0.05) is 12.5 Å². The lowest BCUT2D eigenvalue weighted by Gasteiger charge is -2.23. The summed E-state index contributed by atoms with van der Waals surface area (Å²) in [7, 11) is 3.13. The van der Waals surface area contributed by atoms with Gasteiger partial charge in [-0.1, -0.05) is 6.07 Å². The number of fused-ring (bicyclic) bond motifs is 1. The van der Waals surface area contributed by atoms with E-state index in [9.17, 15) is 4.79 Å². The number of ether oxygens (including phenoxy) is 4. The van der Waals surface area contributed by atoms with Crippen LogP contribution >= 0.6 is 0 Å². The van der Waals surface area contributed by atoms with Crippen LogP contribution in [0.15, 0.2) is 51.9 Å². The molecular weight excluding hydrogens is 360 g/mol. The zero-order chi connectivity index (χ0) is 19.5. The Morgan fingerprint density at radius 2 is 1.86 bits per heavy atom. The molecule has 0 saturated carbocycles. The Morgan fingerprint density at radius 3 is 2.61 bits per heavy atom. The van der Waals surface area contributed by atoms with E-state index in [2.05, 4.69) is 0 Å². The van der Waals surface area contributed by atoms with E-state index < -0.39 is 0 Å². The van der Waals surface area contributed by atoms with E-state index in [0.29, 0.717) is 46.0 Å². The second kappa shape index (κ2) is 7.94. The topological polar surface area (TPSA) is 67.1 Å². The van der Waals surface area contributed by atoms with Gasteiger partial charge < -0.3 is 23.4 Å². The first-order valence-electron chi connectivity index (χ1n) is 9.26. The fourth-order valence-corrected chi connectivity index (χ4v) is 3.34. The van der Waals surface area contributed by atoms with Crippen molar-refractivity contribution in [3.05, 3.63) is 52.9 Å². The normalized spacial score (nSPS) is 16.7. The SMILES string of the molecule is COc1ccc(-c2coc3cc(OC4CCCCO4)ccc3c2=O)cc1OC. The molecule has 1 aromatic heterocycles. The van der Waals surface area contributed by atoms with Gasteiger partial charge in [-0.3, -0.25) is 4.79 Å². The lowest BCUT2D eigenvalue weighted by molar-refractivity contribution is -0.105. The molecule has 1 aliphatic heterocycles. The third-order valence-corrected chi connectivity index (χ3v) is 4.85. The minimum atomic E-state index is -0.246. The Hall–Kier alpha value is -2.99. The Labute approximate surface area is 162 Å². The zero-order valence-corrected chi connectivity index (χ0v) is 15.9. The van der Waals surface area contributed by atoms with Gasteiger partial charge in [0.1, 0.15) is 17.6 Å². The van der Waals surface area contributed by atoms with E-state index in [4.69, 9.17) is 23.4 Å². The van der Waals surface area contributed by atoms with Crippen LogP contribution < -0.4 is 19.6 Å². The van der Waals surface area contributed by atoms with Crippen LogP contribution in [0.4, 0.5) is 0 Å². The largest absolute Gasteiger partial charge is 0.493 e. The number of methoxy groups -OCH3 is 2. The molecule has 1 unspecified atom stereocenters. The molecule has 2 heterocycles. The van der Waals surface area contributed by atoms with E-state index in [-0.39, 0.29) is 11.7 Å². The van der Waals surface area contributed by atoms with Gasteiger partial charge in [-0.2, -0.15) is 0 Å². The molecule has 0 aliphatic carbocycles. The smallest absolute Gasteiger partial charge is 0.200 e. The van der Waals surface area contributed by atoms with Crippen LogP contribution in [0.1, 0.15) is 19.3 Å². The van der Waals surface area contributed by atoms with Gasteiger partial charge in [-0.15, -0.1) is 0 Å². The fourth-order valence-electron chi connectivity index (χ4n) is 3.34. The molecule has 1 atom stereocenters. The average Bonchev–Trinajstić information content (AvgIpc) is 2.74. The molecule has 0 amide bonds. The number of hydrogen-bond donors (Lipinski definition) is 0. The lowest BCUT2D eigenvalue weighted by Crippen LogP contribution is -2.24. The third kappa shape index (κ3) is 3.55. The number of hydrogen-bond acceptors (Lipinski definition) is 6. The maximum absolute atomic E-state index is 13.0. The first-order valence-corrected chi connectivity index (χ1v) is 9.26. The fraction of sp³-hybridized carbons (Fsp3) is 0.318. The van der Waals surface area contributed by atoms with Crippen LogP contribution in [0, 0.1) is 0 Å². The predicted molar refractivity (Wildman–Crippen MR) is 105 cm³/mol. The summed E-state index contributed by atoms with van der Waals surface area (Å²) in [5.41, 5.74) is 1.51. The maximum atomic E-state index is 13.0. The van der Waals surface area contributed by atoms with Crippen LogP contribution in [-0.4, -0.2) is 27.1 Å². The highest BCUT2D eigenvalue weighted by molar-refractivity contribution is 5.83. The van der Waals surface area contributed by atoms with Crippen LogP contribution in [-0.2, 0) is 4.74 Å². The van der Waals surface area contributed by atoms with Gasteiger partial charge in [0.25, 0.3) is 0 Å². The zero-order valence-electron chi connectivity index (χ0n) is 15.9. The monoisotopic (exact) mass is 382 g/mol. The third-order valence-electron chi connectivity index (χ3n) is 4.85. The Bertz CT molecular complexity index is 1030. The summed E-state index contributed by atoms with van der Waals surface area (Å²) in [5.74, 6) is 1.78. The molecule has 1 saturated heterocycles. The molecule has 146 valence electrons. The maximum Gasteiger partial charge on any atom is 0.200 e. The minimum absolute atomic E-state index is 0.117. The summed E-state index contributed by atoms with van der Waals surface area (Å²) in [6.07, 6.45) is 4.23. The van der Waals surface area contributed by atoms with Crippen molar-refractivity contribution in [3.63, 3.8) is 0 Å². The van der Waals surface area contributed by atoms with Gasteiger partial charge in [0.05, 0.1) is 31.8 Å². The quantitative estimate of drug-likeness (QED) is 0.652. The van der Waals surface area contributed by atoms with Gasteiger partial charge in [-0.25, -0.2) is 0 Å². The molecule has 0 N–H and O–H groups in total. The van der Waals surface area contributed by atoms with Gasteiger partial charge >= 0.3 is 0 Å². The summed E-state index contributed by atoms with van der Waals surface area (Å²) >= 11 is 0. The highest BCUT2D eigenvalue weighted by Crippen LogP contribution is 2.32. The van der Waals surface area contributed by atoms with Crippen molar-refractivity contribution in [3.8, 4) is 28.4 Å². The molecule has 0 radical (unpaired) electrons. The van der Waals surface area contributed by atoms with Crippen LogP contribution in [0.25, 0.3) is 22.1 Å². The Morgan fingerprint density at radius 1 is 1.00 bits per heavy atom.